The van der Waals surface area contributed by atoms with E-state index in [1.807, 2.05) is 18.2 Å². The summed E-state index contributed by atoms with van der Waals surface area (Å²) in [6.45, 7) is -0.337. The molecule has 7 nitrogen and oxygen atoms in total. The smallest absolute Gasteiger partial charge is 0.287 e. The molecule has 0 unspecified atom stereocenters. The fourth-order valence-electron chi connectivity index (χ4n) is 3.71. The Balaban J connectivity index is 1.36. The number of rotatable bonds is 4. The summed E-state index contributed by atoms with van der Waals surface area (Å²) in [5, 5.41) is 4.64. The highest BCUT2D eigenvalue weighted by molar-refractivity contribution is 5.95. The third-order valence-electron chi connectivity index (χ3n) is 5.42. The van der Waals surface area contributed by atoms with E-state index in [0.717, 1.165) is 5.39 Å². The Bertz CT molecular complexity index is 1260. The second-order valence-electron chi connectivity index (χ2n) is 7.55. The van der Waals surface area contributed by atoms with Crippen molar-refractivity contribution >= 4 is 16.8 Å². The molecule has 1 aliphatic rings. The number of nitrogens with zero attached hydrogens (tertiary/aromatic N) is 4. The number of carbonyl (C=O) groups excluding carboxylic acids is 1. The van der Waals surface area contributed by atoms with Crippen LogP contribution in [0, 0.1) is 0 Å². The van der Waals surface area contributed by atoms with Crippen LogP contribution >= 0.6 is 0 Å². The summed E-state index contributed by atoms with van der Waals surface area (Å²) in [5.41, 5.74) is 1.59. The first kappa shape index (κ1) is 20.0. The number of benzene rings is 2. The minimum absolute atomic E-state index is 0.0801. The van der Waals surface area contributed by atoms with Crippen molar-refractivity contribution in [1.29, 1.82) is 0 Å². The number of aromatic nitrogens is 3. The molecule has 5 rings (SSSR count). The van der Waals surface area contributed by atoms with Crippen molar-refractivity contribution < 1.29 is 22.8 Å². The highest BCUT2D eigenvalue weighted by Gasteiger charge is 2.47. The topological polar surface area (TPSA) is 81.4 Å². The maximum absolute atomic E-state index is 14.6. The first-order valence-electron chi connectivity index (χ1n) is 10.1. The van der Waals surface area contributed by atoms with E-state index in [-0.39, 0.29) is 24.9 Å². The fourth-order valence-corrected chi connectivity index (χ4v) is 3.71. The number of fused-ring (bicyclic) bond motifs is 1. The van der Waals surface area contributed by atoms with Crippen molar-refractivity contribution in [1.82, 2.24) is 20.0 Å². The summed E-state index contributed by atoms with van der Waals surface area (Å²) < 4.78 is 39.6. The minimum atomic E-state index is -3.09. The second kappa shape index (κ2) is 7.99. The molecule has 2 aromatic carbocycles. The molecule has 1 aliphatic heterocycles. The summed E-state index contributed by atoms with van der Waals surface area (Å²) >= 11 is 0. The summed E-state index contributed by atoms with van der Waals surface area (Å²) in [6, 6.07) is 17.3. The lowest BCUT2D eigenvalue weighted by atomic mass is 10.0. The van der Waals surface area contributed by atoms with Crippen LogP contribution in [-0.2, 0) is 0 Å². The SMILES string of the molecule is O=C(c1cccc(-c2ncon2)c1)N1CCC(F)(F)[C@@H](Oc2ccc3ccccc3n2)C1. The van der Waals surface area contributed by atoms with Gasteiger partial charge >= 0.3 is 0 Å². The minimum Gasteiger partial charge on any atom is -0.466 e. The van der Waals surface area contributed by atoms with Crippen LogP contribution in [0.3, 0.4) is 0 Å². The zero-order chi connectivity index (χ0) is 22.1. The maximum atomic E-state index is 14.6. The van der Waals surface area contributed by atoms with Crippen molar-refractivity contribution in [3.05, 3.63) is 72.6 Å². The number of pyridine rings is 1. The largest absolute Gasteiger partial charge is 0.466 e. The predicted molar refractivity (Wildman–Crippen MR) is 111 cm³/mol. The Morgan fingerprint density at radius 1 is 1.12 bits per heavy atom. The summed E-state index contributed by atoms with van der Waals surface area (Å²) in [6.07, 6.45) is -0.810. The normalized spacial score (nSPS) is 17.9. The van der Waals surface area contributed by atoms with Gasteiger partial charge < -0.3 is 14.2 Å². The first-order valence-corrected chi connectivity index (χ1v) is 10.1. The Labute approximate surface area is 181 Å². The van der Waals surface area contributed by atoms with Crippen LogP contribution in [0.15, 0.2) is 71.6 Å². The van der Waals surface area contributed by atoms with Crippen molar-refractivity contribution in [2.45, 2.75) is 18.4 Å². The van der Waals surface area contributed by atoms with Gasteiger partial charge in [-0.05, 0) is 24.3 Å². The van der Waals surface area contributed by atoms with Crippen LogP contribution in [0.25, 0.3) is 22.3 Å². The number of halogens is 2. The van der Waals surface area contributed by atoms with Crippen LogP contribution in [0.5, 0.6) is 5.88 Å². The Morgan fingerprint density at radius 2 is 2.00 bits per heavy atom. The lowest BCUT2D eigenvalue weighted by molar-refractivity contribution is -0.131. The van der Waals surface area contributed by atoms with E-state index in [4.69, 9.17) is 9.26 Å². The van der Waals surface area contributed by atoms with Crippen LogP contribution in [-0.4, -0.2) is 51.0 Å². The highest BCUT2D eigenvalue weighted by atomic mass is 19.3. The molecule has 1 amide bonds. The molecule has 3 heterocycles. The molecule has 1 saturated heterocycles. The van der Waals surface area contributed by atoms with Gasteiger partial charge in [-0.3, -0.25) is 4.79 Å². The average molecular weight is 436 g/mol. The molecule has 0 N–H and O–H groups in total. The van der Waals surface area contributed by atoms with Crippen molar-refractivity contribution in [3.63, 3.8) is 0 Å². The Kier molecular flexibility index (Phi) is 5.01. The molecular weight excluding hydrogens is 418 g/mol. The van der Waals surface area contributed by atoms with Gasteiger partial charge in [-0.25, -0.2) is 13.8 Å². The molecule has 1 atom stereocenters. The molecule has 0 spiro atoms. The van der Waals surface area contributed by atoms with Crippen molar-refractivity contribution in [2.75, 3.05) is 13.1 Å². The number of alkyl halides is 2. The molecule has 0 saturated carbocycles. The standard InChI is InChI=1S/C23H18F2N4O3/c24-23(25)10-11-29(22(30)17-6-3-5-16(12-17)21-26-14-31-28-21)13-19(23)32-20-9-8-15-4-1-2-7-18(15)27-20/h1-9,12,14,19H,10-11,13H2/t19-/m0/s1. The number of para-hydroxylation sites is 1. The number of carbonyl (C=O) groups is 1. The highest BCUT2D eigenvalue weighted by Crippen LogP contribution is 2.32. The zero-order valence-corrected chi connectivity index (χ0v) is 16.8. The zero-order valence-electron chi connectivity index (χ0n) is 16.8. The average Bonchev–Trinajstić information content (AvgIpc) is 3.35. The summed E-state index contributed by atoms with van der Waals surface area (Å²) in [4.78, 5) is 22.7. The van der Waals surface area contributed by atoms with Gasteiger partial charge in [0.2, 0.25) is 18.1 Å². The van der Waals surface area contributed by atoms with E-state index in [9.17, 15) is 13.6 Å². The summed E-state index contributed by atoms with van der Waals surface area (Å²) in [5.74, 6) is -3.02. The Morgan fingerprint density at radius 3 is 2.84 bits per heavy atom. The van der Waals surface area contributed by atoms with Crippen LogP contribution in [0.1, 0.15) is 16.8 Å². The van der Waals surface area contributed by atoms with E-state index in [0.29, 0.717) is 22.5 Å². The molecule has 0 bridgehead atoms. The molecule has 2 aromatic heterocycles. The number of hydrogen-bond donors (Lipinski definition) is 0. The predicted octanol–water partition coefficient (Wildman–Crippen LogP) is 4.21. The van der Waals surface area contributed by atoms with E-state index >= 15 is 0 Å². The van der Waals surface area contributed by atoms with E-state index in [2.05, 4.69) is 15.1 Å². The second-order valence-corrected chi connectivity index (χ2v) is 7.55. The molecule has 1 fully saturated rings. The van der Waals surface area contributed by atoms with Crippen LogP contribution in [0.4, 0.5) is 8.78 Å². The lowest BCUT2D eigenvalue weighted by Gasteiger charge is -2.38. The molecular formula is C23H18F2N4O3. The number of hydrogen-bond acceptors (Lipinski definition) is 6. The number of ether oxygens (including phenoxy) is 1. The third-order valence-corrected chi connectivity index (χ3v) is 5.42. The van der Waals surface area contributed by atoms with Crippen LogP contribution in [0.2, 0.25) is 0 Å². The van der Waals surface area contributed by atoms with Gasteiger partial charge in [-0.15, -0.1) is 0 Å². The van der Waals surface area contributed by atoms with E-state index in [1.54, 1.807) is 42.5 Å². The van der Waals surface area contributed by atoms with Gasteiger partial charge in [0.15, 0.2) is 6.10 Å². The molecule has 9 heteroatoms. The Hall–Kier alpha value is -3.88. The molecule has 0 radical (unpaired) electrons. The molecule has 4 aromatic rings. The molecule has 32 heavy (non-hydrogen) atoms. The number of likely N-dealkylation sites (tertiary alicyclic amines) is 1. The van der Waals surface area contributed by atoms with Gasteiger partial charge in [0.05, 0.1) is 12.1 Å². The van der Waals surface area contributed by atoms with Gasteiger partial charge in [-0.1, -0.05) is 35.5 Å². The molecule has 162 valence electrons. The van der Waals surface area contributed by atoms with Gasteiger partial charge in [0, 0.05) is 35.5 Å². The van der Waals surface area contributed by atoms with E-state index < -0.39 is 18.4 Å². The van der Waals surface area contributed by atoms with Crippen molar-refractivity contribution in [2.24, 2.45) is 0 Å². The third kappa shape index (κ3) is 3.89. The molecule has 0 aliphatic carbocycles. The summed E-state index contributed by atoms with van der Waals surface area (Å²) in [7, 11) is 0. The van der Waals surface area contributed by atoms with Gasteiger partial charge in [0.1, 0.15) is 0 Å². The number of piperidine rings is 1. The first-order chi connectivity index (χ1) is 15.5. The van der Waals surface area contributed by atoms with Gasteiger partial charge in [-0.2, -0.15) is 4.98 Å². The maximum Gasteiger partial charge on any atom is 0.287 e. The number of amides is 1. The van der Waals surface area contributed by atoms with E-state index in [1.165, 1.54) is 11.3 Å². The lowest BCUT2D eigenvalue weighted by Crippen LogP contribution is -2.55. The monoisotopic (exact) mass is 436 g/mol. The quantitative estimate of drug-likeness (QED) is 0.477. The van der Waals surface area contributed by atoms with Crippen LogP contribution < -0.4 is 4.74 Å². The van der Waals surface area contributed by atoms with Gasteiger partial charge in [0.25, 0.3) is 11.8 Å². The fraction of sp³-hybridized carbons (Fsp3) is 0.217. The van der Waals surface area contributed by atoms with Crippen molar-refractivity contribution in [3.8, 4) is 17.3 Å².